The van der Waals surface area contributed by atoms with Crippen LogP contribution in [-0.4, -0.2) is 134 Å². The normalized spacial score (nSPS) is 53.7. The lowest BCUT2D eigenvalue weighted by atomic mass is 9.74. The third-order valence-electron chi connectivity index (χ3n) is 7.07. The van der Waals surface area contributed by atoms with E-state index in [1.807, 2.05) is 0 Å². The minimum Gasteiger partial charge on any atom is -0.394 e. The summed E-state index contributed by atoms with van der Waals surface area (Å²) in [5, 5.41) is 71.3. The number of hydrogen-bond acceptors (Lipinski definition) is 14. The fraction of sp³-hybridized carbons (Fsp3) is 1.00. The molecule has 15 N–H and O–H groups in total. The minimum absolute atomic E-state index is 0.0217. The van der Waals surface area contributed by atoms with Crippen molar-refractivity contribution in [3.05, 3.63) is 0 Å². The highest BCUT2D eigenvalue weighted by molar-refractivity contribution is 5.02. The van der Waals surface area contributed by atoms with Crippen molar-refractivity contribution in [1.29, 1.82) is 0 Å². The Morgan fingerprint density at radius 1 is 0.727 bits per heavy atom. The molecule has 2 heterocycles. The molecule has 1 saturated carbocycles. The smallest absolute Gasteiger partial charge is 0.187 e. The van der Waals surface area contributed by atoms with Gasteiger partial charge in [-0.05, 0) is 12.8 Å². The van der Waals surface area contributed by atoms with Gasteiger partial charge >= 0.3 is 0 Å². The van der Waals surface area contributed by atoms with Gasteiger partial charge in [-0.2, -0.15) is 0 Å². The Bertz CT molecular complexity index is 583. The number of hydrogen-bond donors (Lipinski definition) is 11. The van der Waals surface area contributed by atoms with Crippen LogP contribution in [0.5, 0.6) is 0 Å². The van der Waals surface area contributed by atoms with Gasteiger partial charge in [0, 0.05) is 24.5 Å². The summed E-state index contributed by atoms with van der Waals surface area (Å²) in [6, 6.07) is -2.43. The van der Waals surface area contributed by atoms with Gasteiger partial charge in [0.15, 0.2) is 6.29 Å². The molecule has 0 unspecified atom stereocenters. The van der Waals surface area contributed by atoms with E-state index in [0.717, 1.165) is 0 Å². The summed E-state index contributed by atoms with van der Waals surface area (Å²) in [6.45, 7) is -0.659. The molecule has 3 rings (SSSR count). The van der Waals surface area contributed by atoms with E-state index >= 15 is 0 Å². The highest BCUT2D eigenvalue weighted by Crippen LogP contribution is 2.34. The predicted molar refractivity (Wildman–Crippen MR) is 111 cm³/mol. The molecule has 0 aromatic carbocycles. The Balaban J connectivity index is 1.72. The zero-order valence-electron chi connectivity index (χ0n) is 18.2. The maximum atomic E-state index is 11.1. The topological polar surface area (TPSA) is 273 Å². The van der Waals surface area contributed by atoms with Crippen molar-refractivity contribution in [1.82, 2.24) is 0 Å². The summed E-state index contributed by atoms with van der Waals surface area (Å²) in [5.74, 6) is -0.696. The van der Waals surface area contributed by atoms with Gasteiger partial charge in [0.2, 0.25) is 0 Å². The van der Waals surface area contributed by atoms with Gasteiger partial charge < -0.3 is 72.9 Å². The molecular formula is C19H38N4O10. The Morgan fingerprint density at radius 2 is 1.36 bits per heavy atom. The van der Waals surface area contributed by atoms with Gasteiger partial charge in [-0.1, -0.05) is 0 Å². The van der Waals surface area contributed by atoms with Gasteiger partial charge in [0.1, 0.15) is 42.7 Å². The Morgan fingerprint density at radius 3 is 1.97 bits per heavy atom. The molecule has 33 heavy (non-hydrogen) atoms. The molecule has 2 aliphatic heterocycles. The first-order chi connectivity index (χ1) is 15.5. The average molecular weight is 483 g/mol. The summed E-state index contributed by atoms with van der Waals surface area (Å²) in [4.78, 5) is 0. The van der Waals surface area contributed by atoms with Crippen LogP contribution in [0, 0.1) is 5.92 Å². The van der Waals surface area contributed by atoms with Crippen molar-refractivity contribution >= 4 is 0 Å². The quantitative estimate of drug-likeness (QED) is 0.168. The Labute approximate surface area is 191 Å². The molecule has 3 fully saturated rings. The van der Waals surface area contributed by atoms with E-state index in [4.69, 9.17) is 37.1 Å². The van der Waals surface area contributed by atoms with Crippen LogP contribution in [0.3, 0.4) is 0 Å². The lowest BCUT2D eigenvalue weighted by Crippen LogP contribution is -2.66. The molecule has 0 aromatic rings. The van der Waals surface area contributed by atoms with E-state index in [0.29, 0.717) is 0 Å². The van der Waals surface area contributed by atoms with Crippen LogP contribution in [0.15, 0.2) is 0 Å². The SMILES string of the molecule is NC[C@H]1O[C@H](O[C@H]2[C@H](O)[C@@H](C[C@H]3O[C@H](CO)[C@@H](O)[C@H](N)[C@H]3O)[C@H](N)C[C@@H]2N)[C@H](O)[C@@H](O)[C@@H]1O. The van der Waals surface area contributed by atoms with Crippen molar-refractivity contribution in [2.24, 2.45) is 28.9 Å². The second kappa shape index (κ2) is 11.0. The first-order valence-corrected chi connectivity index (χ1v) is 11.1. The van der Waals surface area contributed by atoms with Crippen LogP contribution in [0.4, 0.5) is 0 Å². The molecule has 3 aliphatic rings. The van der Waals surface area contributed by atoms with E-state index in [9.17, 15) is 35.7 Å². The fourth-order valence-corrected chi connectivity index (χ4v) is 4.95. The Hall–Kier alpha value is -0.560. The van der Waals surface area contributed by atoms with Crippen molar-refractivity contribution in [3.8, 4) is 0 Å². The van der Waals surface area contributed by atoms with Crippen molar-refractivity contribution in [2.75, 3.05) is 13.2 Å². The van der Waals surface area contributed by atoms with Crippen LogP contribution < -0.4 is 22.9 Å². The molecule has 14 heteroatoms. The average Bonchev–Trinajstić information content (AvgIpc) is 2.79. The van der Waals surface area contributed by atoms with Gasteiger partial charge in [-0.3, -0.25) is 0 Å². The molecule has 0 bridgehead atoms. The molecule has 1 aliphatic carbocycles. The van der Waals surface area contributed by atoms with Gasteiger partial charge in [0.25, 0.3) is 0 Å². The number of nitrogens with two attached hydrogens (primary N) is 4. The molecule has 0 aromatic heterocycles. The van der Waals surface area contributed by atoms with Crippen LogP contribution >= 0.6 is 0 Å². The molecule has 14 nitrogen and oxygen atoms in total. The molecule has 2 saturated heterocycles. The second-order valence-corrected chi connectivity index (χ2v) is 9.26. The van der Waals surface area contributed by atoms with E-state index in [1.54, 1.807) is 0 Å². The maximum Gasteiger partial charge on any atom is 0.187 e. The number of rotatable bonds is 6. The highest BCUT2D eigenvalue weighted by Gasteiger charge is 2.50. The lowest BCUT2D eigenvalue weighted by molar-refractivity contribution is -0.317. The number of ether oxygens (including phenoxy) is 3. The third kappa shape index (κ3) is 5.34. The van der Waals surface area contributed by atoms with Gasteiger partial charge in [0.05, 0.1) is 31.0 Å². The van der Waals surface area contributed by atoms with Crippen LogP contribution in [0.25, 0.3) is 0 Å². The largest absolute Gasteiger partial charge is 0.394 e. The summed E-state index contributed by atoms with van der Waals surface area (Å²) in [7, 11) is 0. The van der Waals surface area contributed by atoms with Crippen LogP contribution in [0.2, 0.25) is 0 Å². The molecule has 0 amide bonds. The van der Waals surface area contributed by atoms with E-state index in [-0.39, 0.29) is 19.4 Å². The minimum atomic E-state index is -1.62. The van der Waals surface area contributed by atoms with Gasteiger partial charge in [-0.25, -0.2) is 0 Å². The number of aliphatic hydroxyl groups is 7. The fourth-order valence-electron chi connectivity index (χ4n) is 4.95. The molecule has 0 spiro atoms. The first-order valence-electron chi connectivity index (χ1n) is 11.1. The first kappa shape index (κ1) is 27.0. The lowest BCUT2D eigenvalue weighted by Gasteiger charge is -2.48. The summed E-state index contributed by atoms with van der Waals surface area (Å²) in [6.07, 6.45) is -13.7. The van der Waals surface area contributed by atoms with Crippen molar-refractivity contribution in [2.45, 2.75) is 98.3 Å². The van der Waals surface area contributed by atoms with Crippen molar-refractivity contribution in [3.63, 3.8) is 0 Å². The molecular weight excluding hydrogens is 444 g/mol. The monoisotopic (exact) mass is 482 g/mol. The predicted octanol–water partition coefficient (Wildman–Crippen LogP) is -6.63. The molecule has 15 atom stereocenters. The summed E-state index contributed by atoms with van der Waals surface area (Å²) in [5.41, 5.74) is 23.8. The highest BCUT2D eigenvalue weighted by atomic mass is 16.7. The van der Waals surface area contributed by atoms with Crippen molar-refractivity contribution < 1.29 is 50.0 Å². The standard InChI is InChI=1S/C19H38N4O10/c20-3-9-15(28)16(29)17(30)19(32-9)33-18-7(22)2-6(21)5(12(18)25)1-8-13(26)11(23)14(27)10(4-24)31-8/h5-19,24-30H,1-4,20-23H2/t5-,6+,7-,8+,9+,10+,11+,12+,13-,14+,15+,16-,17+,18+,19+/m0/s1. The molecule has 0 radical (unpaired) electrons. The summed E-state index contributed by atoms with van der Waals surface area (Å²) < 4.78 is 16.8. The summed E-state index contributed by atoms with van der Waals surface area (Å²) >= 11 is 0. The number of aliphatic hydroxyl groups excluding tert-OH is 7. The maximum absolute atomic E-state index is 11.1. The Kier molecular flexibility index (Phi) is 9.02. The van der Waals surface area contributed by atoms with Gasteiger partial charge in [-0.15, -0.1) is 0 Å². The zero-order valence-corrected chi connectivity index (χ0v) is 18.2. The van der Waals surface area contributed by atoms with E-state index < -0.39 is 98.0 Å². The van der Waals surface area contributed by atoms with E-state index in [1.165, 1.54) is 0 Å². The molecule has 194 valence electrons. The second-order valence-electron chi connectivity index (χ2n) is 9.26. The van der Waals surface area contributed by atoms with Crippen LogP contribution in [-0.2, 0) is 14.2 Å². The zero-order chi connectivity index (χ0) is 24.6. The van der Waals surface area contributed by atoms with E-state index in [2.05, 4.69) is 0 Å². The van der Waals surface area contributed by atoms with Crippen LogP contribution in [0.1, 0.15) is 12.8 Å². The third-order valence-corrected chi connectivity index (χ3v) is 7.07.